The number of nitrogens with one attached hydrogen (secondary N) is 1. The van der Waals surface area contributed by atoms with Crippen LogP contribution in [-0.2, 0) is 7.05 Å². The van der Waals surface area contributed by atoms with Crippen molar-refractivity contribution in [1.29, 1.82) is 0 Å². The van der Waals surface area contributed by atoms with Gasteiger partial charge in [0.15, 0.2) is 0 Å². The lowest BCUT2D eigenvalue weighted by atomic mass is 10.1. The van der Waals surface area contributed by atoms with E-state index in [4.69, 9.17) is 0 Å². The second kappa shape index (κ2) is 3.95. The summed E-state index contributed by atoms with van der Waals surface area (Å²) in [6.07, 6.45) is 0. The van der Waals surface area contributed by atoms with Gasteiger partial charge in [-0.15, -0.1) is 0 Å². The summed E-state index contributed by atoms with van der Waals surface area (Å²) < 4.78 is 2.95. The SMILES string of the molecule is Cc1nc2ccc(-c3c(Br)nc(C)n3C)cc2[nH]1. The number of aryl methyl sites for hydroxylation is 2. The Hall–Kier alpha value is -1.62. The number of rotatable bonds is 1. The number of fused-ring (bicyclic) bond motifs is 1. The molecule has 0 saturated carbocycles. The largest absolute Gasteiger partial charge is 0.342 e. The van der Waals surface area contributed by atoms with Crippen LogP contribution in [0.5, 0.6) is 0 Å². The number of hydrogen-bond donors (Lipinski definition) is 1. The normalized spacial score (nSPS) is 11.3. The molecule has 0 amide bonds. The van der Waals surface area contributed by atoms with Gasteiger partial charge >= 0.3 is 0 Å². The Balaban J connectivity index is 2.24. The van der Waals surface area contributed by atoms with Crippen molar-refractivity contribution in [3.05, 3.63) is 34.5 Å². The smallest absolute Gasteiger partial charge is 0.132 e. The minimum atomic E-state index is 0.873. The van der Waals surface area contributed by atoms with Crippen molar-refractivity contribution >= 4 is 27.0 Å². The van der Waals surface area contributed by atoms with Crippen LogP contribution in [0, 0.1) is 13.8 Å². The summed E-state index contributed by atoms with van der Waals surface area (Å²) in [5.41, 5.74) is 4.25. The fourth-order valence-corrected chi connectivity index (χ4v) is 2.92. The second-order valence-electron chi connectivity index (χ2n) is 4.41. The molecule has 3 rings (SSSR count). The molecule has 0 saturated heterocycles. The van der Waals surface area contributed by atoms with Gasteiger partial charge in [-0.25, -0.2) is 9.97 Å². The molecule has 2 heterocycles. The van der Waals surface area contributed by atoms with Crippen molar-refractivity contribution < 1.29 is 0 Å². The van der Waals surface area contributed by atoms with Crippen molar-refractivity contribution in [2.45, 2.75) is 13.8 Å². The fraction of sp³-hybridized carbons (Fsp3) is 0.231. The highest BCUT2D eigenvalue weighted by Gasteiger charge is 2.13. The molecule has 0 aliphatic rings. The predicted octanol–water partition coefficient (Wildman–Crippen LogP) is 3.34. The maximum Gasteiger partial charge on any atom is 0.132 e. The van der Waals surface area contributed by atoms with Crippen molar-refractivity contribution in [2.24, 2.45) is 7.05 Å². The zero-order chi connectivity index (χ0) is 12.9. The average molecular weight is 305 g/mol. The van der Waals surface area contributed by atoms with E-state index in [1.807, 2.05) is 27.0 Å². The summed E-state index contributed by atoms with van der Waals surface area (Å²) in [4.78, 5) is 12.1. The van der Waals surface area contributed by atoms with Crippen LogP contribution in [0.3, 0.4) is 0 Å². The number of nitrogens with zero attached hydrogens (tertiary/aromatic N) is 3. The molecule has 0 fully saturated rings. The van der Waals surface area contributed by atoms with Gasteiger partial charge in [0.05, 0.1) is 16.7 Å². The highest BCUT2D eigenvalue weighted by atomic mass is 79.9. The van der Waals surface area contributed by atoms with E-state index in [1.165, 1.54) is 0 Å². The number of benzene rings is 1. The molecule has 1 aromatic carbocycles. The van der Waals surface area contributed by atoms with Crippen LogP contribution in [-0.4, -0.2) is 19.5 Å². The van der Waals surface area contributed by atoms with E-state index in [9.17, 15) is 0 Å². The lowest BCUT2D eigenvalue weighted by molar-refractivity contribution is 0.865. The first-order valence-corrected chi connectivity index (χ1v) is 6.51. The van der Waals surface area contributed by atoms with Crippen LogP contribution in [0.15, 0.2) is 22.8 Å². The fourth-order valence-electron chi connectivity index (χ4n) is 2.17. The highest BCUT2D eigenvalue weighted by molar-refractivity contribution is 9.10. The number of hydrogen-bond acceptors (Lipinski definition) is 2. The van der Waals surface area contributed by atoms with Crippen LogP contribution in [0.4, 0.5) is 0 Å². The first-order chi connectivity index (χ1) is 8.56. The maximum absolute atomic E-state index is 4.43. The molecule has 0 aliphatic carbocycles. The molecular weight excluding hydrogens is 292 g/mol. The zero-order valence-corrected chi connectivity index (χ0v) is 12.0. The molecule has 2 aromatic heterocycles. The molecule has 18 heavy (non-hydrogen) atoms. The van der Waals surface area contributed by atoms with Gasteiger partial charge in [0.25, 0.3) is 0 Å². The molecule has 0 atom stereocenters. The number of halogens is 1. The zero-order valence-electron chi connectivity index (χ0n) is 10.5. The van der Waals surface area contributed by atoms with Gasteiger partial charge in [-0.3, -0.25) is 0 Å². The first-order valence-electron chi connectivity index (χ1n) is 5.72. The summed E-state index contributed by atoms with van der Waals surface area (Å²) in [6, 6.07) is 6.21. The Kier molecular flexibility index (Phi) is 2.52. The molecule has 4 nitrogen and oxygen atoms in total. The van der Waals surface area contributed by atoms with Crippen LogP contribution in [0.2, 0.25) is 0 Å². The van der Waals surface area contributed by atoms with E-state index >= 15 is 0 Å². The number of aromatic nitrogens is 4. The monoisotopic (exact) mass is 304 g/mol. The van der Waals surface area contributed by atoms with Gasteiger partial charge in [-0.2, -0.15) is 0 Å². The van der Waals surface area contributed by atoms with Gasteiger partial charge in [0.2, 0.25) is 0 Å². The first kappa shape index (κ1) is 11.5. The highest BCUT2D eigenvalue weighted by Crippen LogP contribution is 2.30. The van der Waals surface area contributed by atoms with Crippen molar-refractivity contribution in [2.75, 3.05) is 0 Å². The molecular formula is C13H13BrN4. The molecule has 5 heteroatoms. The standard InChI is InChI=1S/C13H13BrN4/c1-7-15-10-5-4-9(6-11(10)16-7)12-13(14)17-8(2)18(12)3/h4-6H,1-3H3,(H,15,16). The van der Waals surface area contributed by atoms with Crippen molar-refractivity contribution in [3.8, 4) is 11.3 Å². The minimum absolute atomic E-state index is 0.873. The van der Waals surface area contributed by atoms with Crippen molar-refractivity contribution in [1.82, 2.24) is 19.5 Å². The summed E-state index contributed by atoms with van der Waals surface area (Å²) in [5, 5.41) is 0. The molecule has 0 aliphatic heterocycles. The van der Waals surface area contributed by atoms with Gasteiger partial charge in [0, 0.05) is 12.6 Å². The molecule has 92 valence electrons. The van der Waals surface area contributed by atoms with E-state index in [1.54, 1.807) is 0 Å². The van der Waals surface area contributed by atoms with E-state index in [0.29, 0.717) is 0 Å². The van der Waals surface area contributed by atoms with Crippen LogP contribution >= 0.6 is 15.9 Å². The summed E-state index contributed by atoms with van der Waals surface area (Å²) in [7, 11) is 2.02. The van der Waals surface area contributed by atoms with Gasteiger partial charge in [-0.05, 0) is 41.9 Å². The quantitative estimate of drug-likeness (QED) is 0.749. The van der Waals surface area contributed by atoms with Crippen LogP contribution in [0.1, 0.15) is 11.6 Å². The van der Waals surface area contributed by atoms with Gasteiger partial charge < -0.3 is 9.55 Å². The van der Waals surface area contributed by atoms with Crippen molar-refractivity contribution in [3.63, 3.8) is 0 Å². The maximum atomic E-state index is 4.43. The Bertz CT molecular complexity index is 739. The third kappa shape index (κ3) is 1.66. The van der Waals surface area contributed by atoms with E-state index in [0.717, 1.165) is 38.5 Å². The second-order valence-corrected chi connectivity index (χ2v) is 5.16. The topological polar surface area (TPSA) is 46.5 Å². The Labute approximate surface area is 113 Å². The summed E-state index contributed by atoms with van der Waals surface area (Å²) in [6.45, 7) is 3.96. The van der Waals surface area contributed by atoms with E-state index < -0.39 is 0 Å². The van der Waals surface area contributed by atoms with E-state index in [2.05, 4.69) is 47.6 Å². The molecule has 0 unspecified atom stereocenters. The Morgan fingerprint density at radius 2 is 2.00 bits per heavy atom. The van der Waals surface area contributed by atoms with Crippen LogP contribution in [0.25, 0.3) is 22.3 Å². The number of imidazole rings is 2. The number of aromatic amines is 1. The third-order valence-electron chi connectivity index (χ3n) is 3.15. The minimum Gasteiger partial charge on any atom is -0.342 e. The molecule has 1 N–H and O–H groups in total. The predicted molar refractivity (Wildman–Crippen MR) is 75.5 cm³/mol. The molecule has 3 aromatic rings. The Morgan fingerprint density at radius 3 is 2.67 bits per heavy atom. The summed E-state index contributed by atoms with van der Waals surface area (Å²) >= 11 is 3.52. The molecule has 0 radical (unpaired) electrons. The lowest BCUT2D eigenvalue weighted by Gasteiger charge is -2.04. The average Bonchev–Trinajstić information content (AvgIpc) is 2.78. The Morgan fingerprint density at radius 1 is 1.22 bits per heavy atom. The molecule has 0 spiro atoms. The van der Waals surface area contributed by atoms with E-state index in [-0.39, 0.29) is 0 Å². The van der Waals surface area contributed by atoms with Gasteiger partial charge in [0.1, 0.15) is 16.3 Å². The summed E-state index contributed by atoms with van der Waals surface area (Å²) in [5.74, 6) is 1.92. The molecule has 0 bridgehead atoms. The lowest BCUT2D eigenvalue weighted by Crippen LogP contribution is -1.94. The number of H-pyrrole nitrogens is 1. The van der Waals surface area contributed by atoms with Crippen LogP contribution < -0.4 is 0 Å². The van der Waals surface area contributed by atoms with Gasteiger partial charge in [-0.1, -0.05) is 6.07 Å². The third-order valence-corrected chi connectivity index (χ3v) is 3.70.